The van der Waals surface area contributed by atoms with Gasteiger partial charge in [0.25, 0.3) is 0 Å². The van der Waals surface area contributed by atoms with Crippen LogP contribution in [0.2, 0.25) is 0 Å². The number of aliphatic hydroxyl groups is 1. The third-order valence-electron chi connectivity index (χ3n) is 3.86. The Labute approximate surface area is 105 Å². The summed E-state index contributed by atoms with van der Waals surface area (Å²) in [6, 6.07) is 10.4. The van der Waals surface area contributed by atoms with Crippen molar-refractivity contribution in [1.29, 1.82) is 0 Å². The smallest absolute Gasteiger partial charge is 0.0504 e. The number of para-hydroxylation sites is 1. The molecule has 1 N–H and O–H groups in total. The molecule has 0 fully saturated rings. The SMILES string of the molecule is CCN(CC(CC)(CC)CO)c1ccccc1. The highest BCUT2D eigenvalue weighted by molar-refractivity contribution is 5.46. The minimum Gasteiger partial charge on any atom is -0.396 e. The van der Waals surface area contributed by atoms with Crippen molar-refractivity contribution < 1.29 is 5.11 Å². The van der Waals surface area contributed by atoms with Gasteiger partial charge in [-0.15, -0.1) is 0 Å². The van der Waals surface area contributed by atoms with Gasteiger partial charge in [0.2, 0.25) is 0 Å². The summed E-state index contributed by atoms with van der Waals surface area (Å²) in [6.07, 6.45) is 2.03. The van der Waals surface area contributed by atoms with Crippen molar-refractivity contribution in [2.24, 2.45) is 5.41 Å². The van der Waals surface area contributed by atoms with Crippen molar-refractivity contribution in [3.05, 3.63) is 30.3 Å². The van der Waals surface area contributed by atoms with Crippen LogP contribution in [0.3, 0.4) is 0 Å². The molecule has 0 atom stereocenters. The van der Waals surface area contributed by atoms with Crippen LogP contribution in [0.4, 0.5) is 5.69 Å². The van der Waals surface area contributed by atoms with Gasteiger partial charge < -0.3 is 10.0 Å². The van der Waals surface area contributed by atoms with Crippen molar-refractivity contribution in [3.63, 3.8) is 0 Å². The molecule has 0 radical (unpaired) electrons. The van der Waals surface area contributed by atoms with Crippen molar-refractivity contribution in [2.75, 3.05) is 24.6 Å². The molecule has 0 bridgehead atoms. The number of hydrogen-bond acceptors (Lipinski definition) is 2. The van der Waals surface area contributed by atoms with Crippen LogP contribution in [0.15, 0.2) is 30.3 Å². The zero-order valence-electron chi connectivity index (χ0n) is 11.3. The highest BCUT2D eigenvalue weighted by Crippen LogP contribution is 2.29. The van der Waals surface area contributed by atoms with E-state index in [1.54, 1.807) is 0 Å². The zero-order chi connectivity index (χ0) is 12.7. The van der Waals surface area contributed by atoms with E-state index in [9.17, 15) is 5.11 Å². The third-order valence-corrected chi connectivity index (χ3v) is 3.86. The van der Waals surface area contributed by atoms with E-state index >= 15 is 0 Å². The number of rotatable bonds is 7. The Morgan fingerprint density at radius 2 is 1.65 bits per heavy atom. The molecule has 0 spiro atoms. The minimum atomic E-state index is 0.0336. The molecule has 0 aromatic heterocycles. The molecule has 0 unspecified atom stereocenters. The van der Waals surface area contributed by atoms with Crippen molar-refractivity contribution in [2.45, 2.75) is 33.6 Å². The molecule has 1 aromatic carbocycles. The molecular weight excluding hydrogens is 210 g/mol. The van der Waals surface area contributed by atoms with Crippen LogP contribution in [0, 0.1) is 5.41 Å². The van der Waals surface area contributed by atoms with E-state index in [4.69, 9.17) is 0 Å². The van der Waals surface area contributed by atoms with Crippen molar-refractivity contribution in [1.82, 2.24) is 0 Å². The van der Waals surface area contributed by atoms with Crippen LogP contribution >= 0.6 is 0 Å². The molecule has 0 aliphatic heterocycles. The van der Waals surface area contributed by atoms with Gasteiger partial charge in [0.05, 0.1) is 6.61 Å². The van der Waals surface area contributed by atoms with E-state index < -0.39 is 0 Å². The van der Waals surface area contributed by atoms with E-state index in [1.165, 1.54) is 5.69 Å². The summed E-state index contributed by atoms with van der Waals surface area (Å²) in [6.45, 7) is 8.67. The summed E-state index contributed by atoms with van der Waals surface area (Å²) in [5.74, 6) is 0. The molecule has 0 saturated carbocycles. The van der Waals surface area contributed by atoms with Gasteiger partial charge >= 0.3 is 0 Å². The molecule has 0 aliphatic carbocycles. The first-order chi connectivity index (χ1) is 8.21. The summed E-state index contributed by atoms with van der Waals surface area (Å²) in [5.41, 5.74) is 1.28. The van der Waals surface area contributed by atoms with Crippen LogP contribution in [0.25, 0.3) is 0 Å². The first-order valence-electron chi connectivity index (χ1n) is 6.62. The minimum absolute atomic E-state index is 0.0336. The largest absolute Gasteiger partial charge is 0.396 e. The molecule has 17 heavy (non-hydrogen) atoms. The fourth-order valence-electron chi connectivity index (χ4n) is 2.18. The molecule has 0 aliphatic rings. The summed E-state index contributed by atoms with van der Waals surface area (Å²) < 4.78 is 0. The fraction of sp³-hybridized carbons (Fsp3) is 0.600. The molecule has 0 amide bonds. The van der Waals surface area contributed by atoms with Crippen LogP contribution in [0.5, 0.6) is 0 Å². The standard InChI is InChI=1S/C15H25NO/c1-4-15(5-2,13-17)12-16(6-3)14-10-8-7-9-11-14/h7-11,17H,4-6,12-13H2,1-3H3. The summed E-state index contributed by atoms with van der Waals surface area (Å²) in [7, 11) is 0. The van der Waals surface area contributed by atoms with Crippen molar-refractivity contribution in [3.8, 4) is 0 Å². The molecule has 0 saturated heterocycles. The lowest BCUT2D eigenvalue weighted by Crippen LogP contribution is -2.39. The predicted molar refractivity (Wildman–Crippen MR) is 74.4 cm³/mol. The van der Waals surface area contributed by atoms with Gasteiger partial charge in [-0.1, -0.05) is 32.0 Å². The second-order valence-electron chi connectivity index (χ2n) is 4.71. The molecule has 0 heterocycles. The molecule has 2 nitrogen and oxygen atoms in total. The lowest BCUT2D eigenvalue weighted by atomic mass is 9.82. The Morgan fingerprint density at radius 1 is 1.06 bits per heavy atom. The van der Waals surface area contributed by atoms with Crippen LogP contribution in [-0.4, -0.2) is 24.8 Å². The van der Waals surface area contributed by atoms with Gasteiger partial charge in [-0.05, 0) is 31.9 Å². The second-order valence-corrected chi connectivity index (χ2v) is 4.71. The van der Waals surface area contributed by atoms with Gasteiger partial charge in [0, 0.05) is 24.2 Å². The van der Waals surface area contributed by atoms with Crippen LogP contribution in [0.1, 0.15) is 33.6 Å². The highest BCUT2D eigenvalue weighted by atomic mass is 16.3. The lowest BCUT2D eigenvalue weighted by molar-refractivity contribution is 0.120. The Hall–Kier alpha value is -1.02. The second kappa shape index (κ2) is 6.65. The maximum Gasteiger partial charge on any atom is 0.0504 e. The Morgan fingerprint density at radius 3 is 2.06 bits per heavy atom. The average Bonchev–Trinajstić information content (AvgIpc) is 2.42. The van der Waals surface area contributed by atoms with Crippen LogP contribution in [-0.2, 0) is 0 Å². The fourth-order valence-corrected chi connectivity index (χ4v) is 2.18. The Bertz CT molecular complexity index is 298. The van der Waals surface area contributed by atoms with Gasteiger partial charge in [-0.2, -0.15) is 0 Å². The summed E-state index contributed by atoms with van der Waals surface area (Å²) in [4.78, 5) is 2.35. The van der Waals surface area contributed by atoms with Gasteiger partial charge in [0.15, 0.2) is 0 Å². The topological polar surface area (TPSA) is 23.5 Å². The van der Waals surface area contributed by atoms with Crippen molar-refractivity contribution >= 4 is 5.69 Å². The molecule has 1 rings (SSSR count). The number of nitrogens with zero attached hydrogens (tertiary/aromatic N) is 1. The van der Waals surface area contributed by atoms with Gasteiger partial charge in [0.1, 0.15) is 0 Å². The monoisotopic (exact) mass is 235 g/mol. The van der Waals surface area contributed by atoms with E-state index in [0.717, 1.165) is 25.9 Å². The quantitative estimate of drug-likeness (QED) is 0.783. The number of aliphatic hydroxyl groups excluding tert-OH is 1. The van der Waals surface area contributed by atoms with E-state index in [1.807, 2.05) is 6.07 Å². The van der Waals surface area contributed by atoms with Crippen LogP contribution < -0.4 is 4.90 Å². The maximum absolute atomic E-state index is 9.64. The number of benzene rings is 1. The zero-order valence-corrected chi connectivity index (χ0v) is 11.3. The lowest BCUT2D eigenvalue weighted by Gasteiger charge is -2.36. The molecule has 1 aromatic rings. The van der Waals surface area contributed by atoms with E-state index in [2.05, 4.69) is 49.9 Å². The normalized spacial score (nSPS) is 11.5. The first-order valence-corrected chi connectivity index (χ1v) is 6.62. The van der Waals surface area contributed by atoms with E-state index in [0.29, 0.717) is 0 Å². The number of anilines is 1. The summed E-state index contributed by atoms with van der Waals surface area (Å²) in [5, 5.41) is 9.64. The highest BCUT2D eigenvalue weighted by Gasteiger charge is 2.27. The maximum atomic E-state index is 9.64. The van der Waals surface area contributed by atoms with E-state index in [-0.39, 0.29) is 12.0 Å². The molecule has 2 heteroatoms. The first kappa shape index (κ1) is 14.0. The number of hydrogen-bond donors (Lipinski definition) is 1. The Kier molecular flexibility index (Phi) is 5.49. The average molecular weight is 235 g/mol. The summed E-state index contributed by atoms with van der Waals surface area (Å²) >= 11 is 0. The van der Waals surface area contributed by atoms with Gasteiger partial charge in [-0.3, -0.25) is 0 Å². The third kappa shape index (κ3) is 3.47. The molecule has 96 valence electrons. The molecular formula is C15H25NO. The Balaban J connectivity index is 2.82. The predicted octanol–water partition coefficient (Wildman–Crippen LogP) is 3.31. The van der Waals surface area contributed by atoms with Gasteiger partial charge in [-0.25, -0.2) is 0 Å².